The van der Waals surface area contributed by atoms with Crippen LogP contribution in [0, 0.1) is 0 Å². The standard InChI is InChI=1S/C36H34ClF3N2O3.ClH/c1-25(20-22-44-33-18-10-17-32-30(33)19-21-42(32)45-26(2)43)41-24-35(28-12-5-3-6-13-28,29-14-7-4-8-15-29)23-27-11-9-16-31(34(27)37)36(38,39)40;/h3-19,21,25,41H,20,22-24H2,1-2H3;1H/t25-;/m1./s1. The monoisotopic (exact) mass is 670 g/mol. The molecule has 0 unspecified atom stereocenters. The number of nitrogens with one attached hydrogen (secondary N) is 1. The van der Waals surface area contributed by atoms with E-state index >= 15 is 0 Å². The number of nitrogens with zero attached hydrogens (tertiary/aromatic N) is 1. The van der Waals surface area contributed by atoms with Crippen LogP contribution in [0.25, 0.3) is 10.9 Å². The number of aromatic nitrogens is 1. The van der Waals surface area contributed by atoms with Crippen LogP contribution >= 0.6 is 24.0 Å². The molecule has 0 aliphatic rings. The zero-order chi connectivity index (χ0) is 32.0. The second kappa shape index (κ2) is 15.1. The second-order valence-electron chi connectivity index (χ2n) is 11.1. The molecule has 0 saturated heterocycles. The van der Waals surface area contributed by atoms with E-state index in [0.717, 1.165) is 28.1 Å². The van der Waals surface area contributed by atoms with Gasteiger partial charge in [0.15, 0.2) is 0 Å². The molecule has 5 aromatic rings. The number of halogens is 5. The van der Waals surface area contributed by atoms with Crippen LogP contribution in [0.15, 0.2) is 109 Å². The summed E-state index contributed by atoms with van der Waals surface area (Å²) in [5, 5.41) is 4.19. The Morgan fingerprint density at radius 2 is 1.52 bits per heavy atom. The summed E-state index contributed by atoms with van der Waals surface area (Å²) < 4.78 is 49.0. The summed E-state index contributed by atoms with van der Waals surface area (Å²) in [4.78, 5) is 16.7. The Kier molecular flexibility index (Phi) is 11.4. The summed E-state index contributed by atoms with van der Waals surface area (Å²) in [6.07, 6.45) is -1.98. The van der Waals surface area contributed by atoms with Gasteiger partial charge in [-0.15, -0.1) is 12.4 Å². The molecule has 1 atom stereocenters. The molecule has 0 aliphatic carbocycles. The van der Waals surface area contributed by atoms with Crippen LogP contribution in [0.5, 0.6) is 5.75 Å². The average molecular weight is 672 g/mol. The number of benzene rings is 4. The number of hydrogen-bond donors (Lipinski definition) is 1. The Balaban J connectivity index is 0.00000480. The molecule has 5 rings (SSSR count). The third kappa shape index (κ3) is 7.86. The van der Waals surface area contributed by atoms with Gasteiger partial charge >= 0.3 is 12.1 Å². The first kappa shape index (κ1) is 34.9. The van der Waals surface area contributed by atoms with Gasteiger partial charge in [-0.3, -0.25) is 0 Å². The highest BCUT2D eigenvalue weighted by Crippen LogP contribution is 2.41. The maximum atomic E-state index is 13.8. The van der Waals surface area contributed by atoms with Gasteiger partial charge in [0.05, 0.1) is 22.7 Å². The molecular formula is C36H35Cl2F3N2O3. The van der Waals surface area contributed by atoms with Crippen LogP contribution in [0.2, 0.25) is 5.02 Å². The summed E-state index contributed by atoms with van der Waals surface area (Å²) in [5.41, 5.74) is 1.50. The van der Waals surface area contributed by atoms with E-state index in [1.54, 1.807) is 12.3 Å². The lowest BCUT2D eigenvalue weighted by Crippen LogP contribution is -2.44. The average Bonchev–Trinajstić information content (AvgIpc) is 3.43. The SMILES string of the molecule is CC(=O)On1ccc2c(OCC[C@@H](C)NCC(Cc3cccc(C(F)(F)F)c3Cl)(c3ccccc3)c3ccccc3)cccc21.Cl. The fraction of sp³-hybridized carbons (Fsp3) is 0.250. The molecule has 46 heavy (non-hydrogen) atoms. The first-order valence-corrected chi connectivity index (χ1v) is 15.1. The van der Waals surface area contributed by atoms with Crippen molar-refractivity contribution in [2.45, 2.75) is 44.3 Å². The first-order chi connectivity index (χ1) is 21.6. The van der Waals surface area contributed by atoms with Crippen molar-refractivity contribution in [3.05, 3.63) is 137 Å². The Bertz CT molecular complexity index is 1710. The molecular weight excluding hydrogens is 636 g/mol. The number of carbonyl (C=O) groups excluding carboxylic acids is 1. The molecule has 0 bridgehead atoms. The molecule has 1 N–H and O–H groups in total. The molecule has 1 aromatic heterocycles. The van der Waals surface area contributed by atoms with Crippen LogP contribution in [-0.4, -0.2) is 29.9 Å². The summed E-state index contributed by atoms with van der Waals surface area (Å²) in [6.45, 7) is 4.25. The fourth-order valence-electron chi connectivity index (χ4n) is 5.67. The van der Waals surface area contributed by atoms with Crippen molar-refractivity contribution in [2.24, 2.45) is 0 Å². The highest BCUT2D eigenvalue weighted by atomic mass is 35.5. The number of carbonyl (C=O) groups is 1. The predicted molar refractivity (Wildman–Crippen MR) is 178 cm³/mol. The largest absolute Gasteiger partial charge is 0.493 e. The maximum absolute atomic E-state index is 13.8. The number of alkyl halides is 3. The minimum Gasteiger partial charge on any atom is -0.493 e. The number of fused-ring (bicyclic) bond motifs is 1. The minimum absolute atomic E-state index is 0. The van der Waals surface area contributed by atoms with Gasteiger partial charge in [0, 0.05) is 36.5 Å². The summed E-state index contributed by atoms with van der Waals surface area (Å²) in [6, 6.07) is 31.1. The van der Waals surface area contributed by atoms with Crippen molar-refractivity contribution >= 4 is 40.9 Å². The van der Waals surface area contributed by atoms with Gasteiger partial charge in [-0.1, -0.05) is 90.5 Å². The fourth-order valence-corrected chi connectivity index (χ4v) is 5.97. The lowest BCUT2D eigenvalue weighted by Gasteiger charge is -2.37. The van der Waals surface area contributed by atoms with E-state index < -0.39 is 23.1 Å². The minimum atomic E-state index is -4.56. The van der Waals surface area contributed by atoms with Gasteiger partial charge in [-0.25, -0.2) is 4.79 Å². The molecule has 0 amide bonds. The highest BCUT2D eigenvalue weighted by Gasteiger charge is 2.38. The molecule has 0 radical (unpaired) electrons. The number of hydrogen-bond acceptors (Lipinski definition) is 4. The number of ether oxygens (including phenoxy) is 1. The van der Waals surface area contributed by atoms with Crippen LogP contribution in [0.3, 0.4) is 0 Å². The van der Waals surface area contributed by atoms with Crippen LogP contribution in [0.4, 0.5) is 13.2 Å². The van der Waals surface area contributed by atoms with Gasteiger partial charge in [0.1, 0.15) is 5.75 Å². The highest BCUT2D eigenvalue weighted by molar-refractivity contribution is 6.32. The van der Waals surface area contributed by atoms with E-state index in [9.17, 15) is 18.0 Å². The van der Waals surface area contributed by atoms with Crippen LogP contribution < -0.4 is 14.9 Å². The zero-order valence-corrected chi connectivity index (χ0v) is 27.0. The van der Waals surface area contributed by atoms with Crippen LogP contribution in [-0.2, 0) is 22.8 Å². The Morgan fingerprint density at radius 3 is 2.13 bits per heavy atom. The van der Waals surface area contributed by atoms with Crippen molar-refractivity contribution in [3.63, 3.8) is 0 Å². The molecule has 0 saturated carbocycles. The van der Waals surface area contributed by atoms with Gasteiger partial charge in [0.25, 0.3) is 0 Å². The molecule has 10 heteroatoms. The summed E-state index contributed by atoms with van der Waals surface area (Å²) in [7, 11) is 0. The Hall–Kier alpha value is -3.98. The molecule has 0 spiro atoms. The first-order valence-electron chi connectivity index (χ1n) is 14.7. The molecule has 0 fully saturated rings. The summed E-state index contributed by atoms with van der Waals surface area (Å²) >= 11 is 6.45. The zero-order valence-electron chi connectivity index (χ0n) is 25.4. The lowest BCUT2D eigenvalue weighted by molar-refractivity contribution is -0.141. The van der Waals surface area contributed by atoms with E-state index in [0.29, 0.717) is 30.9 Å². The molecule has 1 heterocycles. The second-order valence-corrected chi connectivity index (χ2v) is 11.5. The number of rotatable bonds is 12. The topological polar surface area (TPSA) is 52.5 Å². The van der Waals surface area contributed by atoms with Gasteiger partial charge in [0.2, 0.25) is 0 Å². The van der Waals surface area contributed by atoms with E-state index in [1.807, 2.05) is 84.9 Å². The van der Waals surface area contributed by atoms with E-state index in [2.05, 4.69) is 12.2 Å². The maximum Gasteiger partial charge on any atom is 0.417 e. The van der Waals surface area contributed by atoms with E-state index in [-0.39, 0.29) is 29.9 Å². The molecule has 242 valence electrons. The van der Waals surface area contributed by atoms with Crippen molar-refractivity contribution in [2.75, 3.05) is 13.2 Å². The molecule has 5 nitrogen and oxygen atoms in total. The normalized spacial score (nSPS) is 12.4. The smallest absolute Gasteiger partial charge is 0.417 e. The van der Waals surface area contributed by atoms with Crippen molar-refractivity contribution in [1.29, 1.82) is 0 Å². The van der Waals surface area contributed by atoms with Crippen LogP contribution in [0.1, 0.15) is 42.5 Å². The van der Waals surface area contributed by atoms with Crippen molar-refractivity contribution in [1.82, 2.24) is 10.0 Å². The van der Waals surface area contributed by atoms with E-state index in [1.165, 1.54) is 17.7 Å². The quantitative estimate of drug-likeness (QED) is 0.144. The molecule has 0 aliphatic heterocycles. The van der Waals surface area contributed by atoms with Crippen molar-refractivity contribution < 1.29 is 27.5 Å². The predicted octanol–water partition coefficient (Wildman–Crippen LogP) is 8.69. The third-order valence-corrected chi connectivity index (χ3v) is 8.42. The van der Waals surface area contributed by atoms with Gasteiger partial charge in [-0.05, 0) is 60.7 Å². The van der Waals surface area contributed by atoms with E-state index in [4.69, 9.17) is 21.2 Å². The lowest BCUT2D eigenvalue weighted by atomic mass is 9.70. The Labute approximate surface area is 277 Å². The third-order valence-electron chi connectivity index (χ3n) is 7.97. The summed E-state index contributed by atoms with van der Waals surface area (Å²) in [5.74, 6) is 0.254. The Morgan fingerprint density at radius 1 is 0.891 bits per heavy atom. The van der Waals surface area contributed by atoms with Gasteiger partial charge < -0.3 is 14.9 Å². The van der Waals surface area contributed by atoms with Crippen molar-refractivity contribution in [3.8, 4) is 5.75 Å². The molecule has 4 aromatic carbocycles. The van der Waals surface area contributed by atoms with Gasteiger partial charge in [-0.2, -0.15) is 17.9 Å².